The van der Waals surface area contributed by atoms with E-state index in [-0.39, 0.29) is 6.42 Å². The van der Waals surface area contributed by atoms with E-state index in [1.807, 2.05) is 6.92 Å². The molecule has 2 rings (SSSR count). The first-order valence-electron chi connectivity index (χ1n) is 5.56. The van der Waals surface area contributed by atoms with Crippen LogP contribution in [0.1, 0.15) is 13.3 Å². The van der Waals surface area contributed by atoms with Gasteiger partial charge in [0.25, 0.3) is 5.92 Å². The second-order valence-corrected chi connectivity index (χ2v) is 4.30. The van der Waals surface area contributed by atoms with Crippen molar-refractivity contribution in [2.24, 2.45) is 0 Å². The van der Waals surface area contributed by atoms with Gasteiger partial charge in [0, 0.05) is 19.5 Å². The average molecular weight is 220 g/mol. The highest BCUT2D eigenvalue weighted by Crippen LogP contribution is 2.28. The Bertz CT molecular complexity index is 221. The van der Waals surface area contributed by atoms with E-state index in [1.54, 1.807) is 0 Å². The van der Waals surface area contributed by atoms with E-state index in [0.29, 0.717) is 32.3 Å². The number of likely N-dealkylation sites (N-methyl/N-ethyl adjacent to an activating group) is 1. The summed E-state index contributed by atoms with van der Waals surface area (Å²) in [4.78, 5) is 2.08. The van der Waals surface area contributed by atoms with Gasteiger partial charge in [-0.15, -0.1) is 0 Å². The fourth-order valence-corrected chi connectivity index (χ4v) is 2.14. The molecule has 88 valence electrons. The molecule has 1 atom stereocenters. The topological polar surface area (TPSA) is 24.5 Å². The van der Waals surface area contributed by atoms with Crippen molar-refractivity contribution in [3.63, 3.8) is 0 Å². The van der Waals surface area contributed by atoms with E-state index < -0.39 is 12.0 Å². The molecule has 0 spiro atoms. The number of nitrogens with one attached hydrogen (secondary N) is 1. The van der Waals surface area contributed by atoms with E-state index in [9.17, 15) is 8.78 Å². The molecule has 1 unspecified atom stereocenters. The third-order valence-electron chi connectivity index (χ3n) is 3.32. The summed E-state index contributed by atoms with van der Waals surface area (Å²) in [6.07, 6.45) is -0.0314. The highest BCUT2D eigenvalue weighted by Gasteiger charge is 2.45. The zero-order valence-corrected chi connectivity index (χ0v) is 9.01. The number of alkyl halides is 2. The Morgan fingerprint density at radius 2 is 2.20 bits per heavy atom. The van der Waals surface area contributed by atoms with Crippen molar-refractivity contribution in [1.82, 2.24) is 10.2 Å². The van der Waals surface area contributed by atoms with Crippen LogP contribution in [0.3, 0.4) is 0 Å². The third-order valence-corrected chi connectivity index (χ3v) is 3.32. The minimum absolute atomic E-state index is 0.0314. The van der Waals surface area contributed by atoms with Gasteiger partial charge in [-0.25, -0.2) is 8.78 Å². The molecule has 0 aromatic rings. The van der Waals surface area contributed by atoms with Crippen molar-refractivity contribution in [2.75, 3.05) is 32.8 Å². The minimum atomic E-state index is -2.54. The van der Waals surface area contributed by atoms with Gasteiger partial charge in [0.05, 0.1) is 25.3 Å². The van der Waals surface area contributed by atoms with E-state index in [2.05, 4.69) is 10.2 Å². The van der Waals surface area contributed by atoms with Crippen molar-refractivity contribution < 1.29 is 13.5 Å². The van der Waals surface area contributed by atoms with Crippen LogP contribution >= 0.6 is 0 Å². The maximum Gasteiger partial charge on any atom is 0.265 e. The molecule has 0 radical (unpaired) electrons. The van der Waals surface area contributed by atoms with Crippen molar-refractivity contribution in [3.8, 4) is 0 Å². The van der Waals surface area contributed by atoms with Crippen LogP contribution in [-0.2, 0) is 4.74 Å². The normalized spacial score (nSPS) is 30.8. The van der Waals surface area contributed by atoms with Gasteiger partial charge in [-0.2, -0.15) is 0 Å². The van der Waals surface area contributed by atoms with Gasteiger partial charge in [0.2, 0.25) is 0 Å². The molecule has 0 saturated carbocycles. The van der Waals surface area contributed by atoms with Crippen LogP contribution in [0.15, 0.2) is 0 Å². The van der Waals surface area contributed by atoms with Crippen LogP contribution in [0.4, 0.5) is 8.78 Å². The monoisotopic (exact) mass is 220 g/mol. The van der Waals surface area contributed by atoms with E-state index in [0.717, 1.165) is 6.54 Å². The summed E-state index contributed by atoms with van der Waals surface area (Å²) in [5, 5.41) is 2.88. The van der Waals surface area contributed by atoms with E-state index >= 15 is 0 Å². The molecule has 2 aliphatic heterocycles. The average Bonchev–Trinajstić information content (AvgIpc) is 2.41. The summed E-state index contributed by atoms with van der Waals surface area (Å²) in [7, 11) is 0. The Morgan fingerprint density at radius 3 is 2.60 bits per heavy atom. The highest BCUT2D eigenvalue weighted by atomic mass is 19.3. The van der Waals surface area contributed by atoms with Crippen molar-refractivity contribution in [2.45, 2.75) is 31.4 Å². The largest absolute Gasteiger partial charge is 0.378 e. The lowest BCUT2D eigenvalue weighted by Crippen LogP contribution is -2.55. The molecule has 0 aromatic heterocycles. The van der Waals surface area contributed by atoms with Crippen molar-refractivity contribution >= 4 is 0 Å². The first-order valence-corrected chi connectivity index (χ1v) is 5.56. The molecule has 0 amide bonds. The molecular formula is C10H18F2N2O. The number of nitrogens with zero attached hydrogens (tertiary/aromatic N) is 1. The zero-order chi connectivity index (χ0) is 10.9. The SMILES string of the molecule is CCN(CC1NCCC1(F)F)C1COC1. The van der Waals surface area contributed by atoms with Crippen molar-refractivity contribution in [3.05, 3.63) is 0 Å². The molecular weight excluding hydrogens is 202 g/mol. The first-order chi connectivity index (χ1) is 7.13. The Balaban J connectivity index is 1.88. The van der Waals surface area contributed by atoms with Gasteiger partial charge in [0.15, 0.2) is 0 Å². The second kappa shape index (κ2) is 4.31. The number of ether oxygens (including phenoxy) is 1. The van der Waals surface area contributed by atoms with Crippen LogP contribution in [-0.4, -0.2) is 55.8 Å². The molecule has 2 fully saturated rings. The summed E-state index contributed by atoms with van der Waals surface area (Å²) >= 11 is 0. The third kappa shape index (κ3) is 2.29. The molecule has 5 heteroatoms. The standard InChI is InChI=1S/C10H18F2N2O/c1-2-14(8-6-15-7-8)5-9-10(11,12)3-4-13-9/h8-9,13H,2-7H2,1H3. The van der Waals surface area contributed by atoms with Gasteiger partial charge < -0.3 is 10.1 Å². The lowest BCUT2D eigenvalue weighted by Gasteiger charge is -2.38. The van der Waals surface area contributed by atoms with Gasteiger partial charge in [0.1, 0.15) is 0 Å². The molecule has 0 aromatic carbocycles. The summed E-state index contributed by atoms with van der Waals surface area (Å²) in [6.45, 7) is 5.04. The molecule has 0 bridgehead atoms. The fraction of sp³-hybridized carbons (Fsp3) is 1.00. The summed E-state index contributed by atoms with van der Waals surface area (Å²) in [6, 6.07) is -0.341. The molecule has 15 heavy (non-hydrogen) atoms. The van der Waals surface area contributed by atoms with Gasteiger partial charge >= 0.3 is 0 Å². The van der Waals surface area contributed by atoms with Crippen LogP contribution < -0.4 is 5.32 Å². The molecule has 0 aliphatic carbocycles. The van der Waals surface area contributed by atoms with Crippen molar-refractivity contribution in [1.29, 1.82) is 0 Å². The fourth-order valence-electron chi connectivity index (χ4n) is 2.14. The summed E-state index contributed by atoms with van der Waals surface area (Å²) < 4.78 is 31.8. The van der Waals surface area contributed by atoms with Crippen LogP contribution in [0.2, 0.25) is 0 Å². The molecule has 2 saturated heterocycles. The quantitative estimate of drug-likeness (QED) is 0.755. The van der Waals surface area contributed by atoms with Crippen LogP contribution in [0, 0.1) is 0 Å². The second-order valence-electron chi connectivity index (χ2n) is 4.30. The summed E-state index contributed by atoms with van der Waals surface area (Å²) in [5.41, 5.74) is 0. The van der Waals surface area contributed by atoms with E-state index in [4.69, 9.17) is 4.74 Å². The van der Waals surface area contributed by atoms with Crippen LogP contribution in [0.25, 0.3) is 0 Å². The smallest absolute Gasteiger partial charge is 0.265 e. The minimum Gasteiger partial charge on any atom is -0.378 e. The molecule has 1 N–H and O–H groups in total. The van der Waals surface area contributed by atoms with E-state index in [1.165, 1.54) is 0 Å². The Labute approximate surface area is 88.8 Å². The number of hydrogen-bond acceptors (Lipinski definition) is 3. The Kier molecular flexibility index (Phi) is 3.23. The molecule has 3 nitrogen and oxygen atoms in total. The zero-order valence-electron chi connectivity index (χ0n) is 9.01. The van der Waals surface area contributed by atoms with Gasteiger partial charge in [-0.1, -0.05) is 6.92 Å². The predicted octanol–water partition coefficient (Wildman–Crippen LogP) is 0.704. The lowest BCUT2D eigenvalue weighted by atomic mass is 10.1. The maximum absolute atomic E-state index is 13.4. The van der Waals surface area contributed by atoms with Gasteiger partial charge in [-0.05, 0) is 6.54 Å². The predicted molar refractivity (Wildman–Crippen MR) is 53.2 cm³/mol. The lowest BCUT2D eigenvalue weighted by molar-refractivity contribution is -0.0805. The molecule has 2 aliphatic rings. The Hall–Kier alpha value is -0.260. The van der Waals surface area contributed by atoms with Crippen LogP contribution in [0.5, 0.6) is 0 Å². The number of hydrogen-bond donors (Lipinski definition) is 1. The number of rotatable bonds is 4. The number of halogens is 2. The molecule has 2 heterocycles. The van der Waals surface area contributed by atoms with Gasteiger partial charge in [-0.3, -0.25) is 4.90 Å². The Morgan fingerprint density at radius 1 is 1.47 bits per heavy atom. The highest BCUT2D eigenvalue weighted by molar-refractivity contribution is 4.93. The first kappa shape index (κ1) is 11.2. The summed E-state index contributed by atoms with van der Waals surface area (Å²) in [5.74, 6) is -2.54. The maximum atomic E-state index is 13.4.